The predicted octanol–water partition coefficient (Wildman–Crippen LogP) is 4.16. The predicted molar refractivity (Wildman–Crippen MR) is 111 cm³/mol. The standard InChI is InChI=1S/C20H13F2N3O6S/c1-9(13-8-32-18(17(13)26)10-3-5-14(21)15(22)6-10)23-24-19(27)11-2-4-12(20(28)29)16(7-11)25(30)31/h2-8,26H,1H3,(H,24,27)(H,28,29)/b23-9+. The number of hydrazone groups is 1. The molecule has 1 amide bonds. The molecule has 0 radical (unpaired) electrons. The number of nitrogens with zero attached hydrogens (tertiary/aromatic N) is 2. The zero-order chi connectivity index (χ0) is 23.6. The molecule has 9 nitrogen and oxygen atoms in total. The molecule has 2 aromatic carbocycles. The first-order valence-corrected chi connectivity index (χ1v) is 9.60. The number of carbonyl (C=O) groups is 2. The number of aromatic hydroxyl groups is 1. The Hall–Kier alpha value is -4.19. The van der Waals surface area contributed by atoms with E-state index in [4.69, 9.17) is 5.11 Å². The second-order valence-electron chi connectivity index (χ2n) is 6.39. The van der Waals surface area contributed by atoms with Crippen LogP contribution in [0.5, 0.6) is 5.75 Å². The molecule has 0 unspecified atom stereocenters. The number of nitrogens with one attached hydrogen (secondary N) is 1. The lowest BCUT2D eigenvalue weighted by atomic mass is 10.1. The van der Waals surface area contributed by atoms with Crippen LogP contribution >= 0.6 is 11.3 Å². The van der Waals surface area contributed by atoms with Gasteiger partial charge in [0, 0.05) is 17.0 Å². The molecular weight excluding hydrogens is 448 g/mol. The molecule has 3 N–H and O–H groups in total. The lowest BCUT2D eigenvalue weighted by molar-refractivity contribution is -0.385. The van der Waals surface area contributed by atoms with E-state index in [9.17, 15) is 33.6 Å². The van der Waals surface area contributed by atoms with E-state index >= 15 is 0 Å². The summed E-state index contributed by atoms with van der Waals surface area (Å²) in [6.45, 7) is 1.47. The van der Waals surface area contributed by atoms with Crippen LogP contribution in [0.4, 0.5) is 14.5 Å². The van der Waals surface area contributed by atoms with Gasteiger partial charge < -0.3 is 10.2 Å². The first-order valence-electron chi connectivity index (χ1n) is 8.72. The van der Waals surface area contributed by atoms with Gasteiger partial charge in [-0.05, 0) is 36.8 Å². The van der Waals surface area contributed by atoms with Crippen molar-refractivity contribution in [1.82, 2.24) is 5.43 Å². The largest absolute Gasteiger partial charge is 0.506 e. The summed E-state index contributed by atoms with van der Waals surface area (Å²) < 4.78 is 26.6. The average molecular weight is 461 g/mol. The van der Waals surface area contributed by atoms with Crippen LogP contribution in [0.1, 0.15) is 33.2 Å². The van der Waals surface area contributed by atoms with E-state index in [1.807, 2.05) is 0 Å². The van der Waals surface area contributed by atoms with Gasteiger partial charge in [-0.2, -0.15) is 5.10 Å². The number of thiophene rings is 1. The van der Waals surface area contributed by atoms with Crippen molar-refractivity contribution in [3.8, 4) is 16.2 Å². The van der Waals surface area contributed by atoms with Crippen LogP contribution in [0.15, 0.2) is 46.9 Å². The van der Waals surface area contributed by atoms with Crippen LogP contribution < -0.4 is 5.43 Å². The summed E-state index contributed by atoms with van der Waals surface area (Å²) in [4.78, 5) is 33.8. The molecular formula is C20H13F2N3O6S. The van der Waals surface area contributed by atoms with Gasteiger partial charge in [0.1, 0.15) is 11.3 Å². The Balaban J connectivity index is 1.83. The van der Waals surface area contributed by atoms with Gasteiger partial charge in [0.2, 0.25) is 0 Å². The van der Waals surface area contributed by atoms with Crippen LogP contribution in [0.3, 0.4) is 0 Å². The number of halogens is 2. The van der Waals surface area contributed by atoms with E-state index in [0.29, 0.717) is 0 Å². The van der Waals surface area contributed by atoms with E-state index in [1.54, 1.807) is 0 Å². The minimum Gasteiger partial charge on any atom is -0.506 e. The molecule has 0 fully saturated rings. The Morgan fingerprint density at radius 2 is 1.84 bits per heavy atom. The number of hydrogen-bond acceptors (Lipinski definition) is 7. The van der Waals surface area contributed by atoms with Crippen LogP contribution in [-0.4, -0.2) is 32.7 Å². The Labute approximate surface area is 182 Å². The van der Waals surface area contributed by atoms with Crippen molar-refractivity contribution in [3.05, 3.63) is 80.2 Å². The molecule has 32 heavy (non-hydrogen) atoms. The fourth-order valence-corrected chi connectivity index (χ4v) is 3.72. The normalized spacial score (nSPS) is 11.3. The highest BCUT2D eigenvalue weighted by Crippen LogP contribution is 2.39. The molecule has 0 saturated heterocycles. The number of carboxylic acids is 1. The molecule has 0 atom stereocenters. The van der Waals surface area contributed by atoms with Gasteiger partial charge in [-0.1, -0.05) is 6.07 Å². The van der Waals surface area contributed by atoms with Gasteiger partial charge in [-0.3, -0.25) is 14.9 Å². The Kier molecular flexibility index (Phi) is 6.25. The highest BCUT2D eigenvalue weighted by atomic mass is 32.1. The monoisotopic (exact) mass is 461 g/mol. The number of nitro groups is 1. The van der Waals surface area contributed by atoms with E-state index in [1.165, 1.54) is 18.4 Å². The molecule has 3 rings (SSSR count). The van der Waals surface area contributed by atoms with Crippen molar-refractivity contribution in [2.75, 3.05) is 0 Å². The molecule has 0 aliphatic heterocycles. The third kappa shape index (κ3) is 4.44. The summed E-state index contributed by atoms with van der Waals surface area (Å²) in [6.07, 6.45) is 0. The first-order chi connectivity index (χ1) is 15.1. The Bertz CT molecular complexity index is 1290. The maximum atomic E-state index is 13.5. The fourth-order valence-electron chi connectivity index (χ4n) is 2.71. The van der Waals surface area contributed by atoms with Gasteiger partial charge in [-0.15, -0.1) is 11.3 Å². The topological polar surface area (TPSA) is 142 Å². The van der Waals surface area contributed by atoms with E-state index in [2.05, 4.69) is 10.5 Å². The summed E-state index contributed by atoms with van der Waals surface area (Å²) in [5.41, 5.74) is 1.29. The molecule has 0 saturated carbocycles. The molecule has 0 spiro atoms. The van der Waals surface area contributed by atoms with Crippen LogP contribution in [-0.2, 0) is 0 Å². The summed E-state index contributed by atoms with van der Waals surface area (Å²) in [5, 5.41) is 35.9. The second-order valence-corrected chi connectivity index (χ2v) is 7.27. The van der Waals surface area contributed by atoms with E-state index in [0.717, 1.165) is 41.7 Å². The first kappa shape index (κ1) is 22.5. The van der Waals surface area contributed by atoms with Crippen molar-refractivity contribution in [1.29, 1.82) is 0 Å². The molecule has 3 aromatic rings. The van der Waals surface area contributed by atoms with Crippen molar-refractivity contribution >= 4 is 34.6 Å². The third-order valence-corrected chi connectivity index (χ3v) is 5.37. The number of carboxylic acid groups (broad SMARTS) is 1. The van der Waals surface area contributed by atoms with E-state index in [-0.39, 0.29) is 33.0 Å². The van der Waals surface area contributed by atoms with Crippen LogP contribution in [0.25, 0.3) is 10.4 Å². The molecule has 0 bridgehead atoms. The van der Waals surface area contributed by atoms with Gasteiger partial charge in [-0.25, -0.2) is 19.0 Å². The number of hydrogen-bond donors (Lipinski definition) is 3. The van der Waals surface area contributed by atoms with Gasteiger partial charge in [0.25, 0.3) is 11.6 Å². The number of carbonyl (C=O) groups excluding carboxylic acids is 1. The number of amides is 1. The molecule has 0 aliphatic carbocycles. The second kappa shape index (κ2) is 8.89. The Morgan fingerprint density at radius 3 is 2.47 bits per heavy atom. The molecule has 1 heterocycles. The lowest BCUT2D eigenvalue weighted by Crippen LogP contribution is -2.19. The zero-order valence-corrected chi connectivity index (χ0v) is 16.9. The molecule has 0 aliphatic rings. The highest BCUT2D eigenvalue weighted by Gasteiger charge is 2.22. The van der Waals surface area contributed by atoms with Crippen LogP contribution in [0, 0.1) is 21.7 Å². The Morgan fingerprint density at radius 1 is 1.12 bits per heavy atom. The third-order valence-electron chi connectivity index (χ3n) is 4.35. The maximum Gasteiger partial charge on any atom is 0.342 e. The number of aromatic carboxylic acids is 1. The number of rotatable bonds is 6. The maximum absolute atomic E-state index is 13.5. The zero-order valence-electron chi connectivity index (χ0n) is 16.1. The quantitative estimate of drug-likeness (QED) is 0.286. The number of benzene rings is 2. The summed E-state index contributed by atoms with van der Waals surface area (Å²) in [7, 11) is 0. The SMILES string of the molecule is C/C(=N\NC(=O)c1ccc(C(=O)O)c([N+](=O)[O-])c1)c1csc(-c2ccc(F)c(F)c2)c1O. The average Bonchev–Trinajstić information content (AvgIpc) is 3.14. The smallest absolute Gasteiger partial charge is 0.342 e. The van der Waals surface area contributed by atoms with Crippen molar-refractivity contribution in [2.45, 2.75) is 6.92 Å². The van der Waals surface area contributed by atoms with Gasteiger partial charge in [0.05, 0.1) is 21.1 Å². The molecule has 1 aromatic heterocycles. The lowest BCUT2D eigenvalue weighted by Gasteiger charge is -2.05. The highest BCUT2D eigenvalue weighted by molar-refractivity contribution is 7.14. The fraction of sp³-hybridized carbons (Fsp3) is 0.0500. The van der Waals surface area contributed by atoms with Gasteiger partial charge in [0.15, 0.2) is 11.6 Å². The van der Waals surface area contributed by atoms with Crippen molar-refractivity contribution in [2.24, 2.45) is 5.10 Å². The van der Waals surface area contributed by atoms with Crippen molar-refractivity contribution in [3.63, 3.8) is 0 Å². The van der Waals surface area contributed by atoms with Crippen molar-refractivity contribution < 1.29 is 33.5 Å². The molecule has 164 valence electrons. The minimum absolute atomic E-state index is 0.164. The summed E-state index contributed by atoms with van der Waals surface area (Å²) in [5.74, 6) is -4.71. The van der Waals surface area contributed by atoms with E-state index < -0.39 is 39.7 Å². The summed E-state index contributed by atoms with van der Waals surface area (Å²) in [6, 6.07) is 6.01. The molecule has 12 heteroatoms. The minimum atomic E-state index is -1.51. The summed E-state index contributed by atoms with van der Waals surface area (Å²) >= 11 is 1.05. The van der Waals surface area contributed by atoms with Crippen LogP contribution in [0.2, 0.25) is 0 Å². The number of nitro benzene ring substituents is 1. The van der Waals surface area contributed by atoms with Gasteiger partial charge >= 0.3 is 5.97 Å².